The molecule has 10 heteroatoms. The molecule has 0 N–H and O–H groups in total. The van der Waals surface area contributed by atoms with Crippen LogP contribution in [0.2, 0.25) is 0 Å². The van der Waals surface area contributed by atoms with Crippen molar-refractivity contribution in [3.8, 4) is 5.69 Å². The lowest BCUT2D eigenvalue weighted by Crippen LogP contribution is -2.05. The molecule has 0 amide bonds. The zero-order valence-corrected chi connectivity index (χ0v) is 10.6. The summed E-state index contributed by atoms with van der Waals surface area (Å²) in [4.78, 5) is 24.7. The summed E-state index contributed by atoms with van der Waals surface area (Å²) in [6.07, 6.45) is -1.05. The van der Waals surface area contributed by atoms with Crippen LogP contribution in [0, 0.1) is 10.1 Å². The Morgan fingerprint density at radius 1 is 1.48 bits per heavy atom. The van der Waals surface area contributed by atoms with Crippen LogP contribution in [0.15, 0.2) is 24.5 Å². The number of halogens is 2. The summed E-state index contributed by atoms with van der Waals surface area (Å²) < 4.78 is 30.7. The molecule has 0 unspecified atom stereocenters. The largest absolute Gasteiger partial charge is 0.464 e. The van der Waals surface area contributed by atoms with Crippen LogP contribution in [-0.4, -0.2) is 32.8 Å². The summed E-state index contributed by atoms with van der Waals surface area (Å²) in [7, 11) is 1.18. The van der Waals surface area contributed by atoms with Gasteiger partial charge < -0.3 is 4.74 Å². The fraction of sp³-hybridized carbons (Fsp3) is 0.182. The Labute approximate surface area is 116 Å². The maximum absolute atomic E-state index is 12.7. The van der Waals surface area contributed by atoms with Crippen molar-refractivity contribution in [1.82, 2.24) is 14.8 Å². The summed E-state index contributed by atoms with van der Waals surface area (Å²) >= 11 is 0. The Hall–Kier alpha value is -2.91. The van der Waals surface area contributed by atoms with Crippen LogP contribution < -0.4 is 0 Å². The summed E-state index contributed by atoms with van der Waals surface area (Å²) in [5.41, 5.74) is -1.52. The molecule has 0 atom stereocenters. The van der Waals surface area contributed by atoms with E-state index in [4.69, 9.17) is 0 Å². The van der Waals surface area contributed by atoms with Gasteiger partial charge in [0.05, 0.1) is 23.9 Å². The van der Waals surface area contributed by atoms with Crippen LogP contribution in [0.3, 0.4) is 0 Å². The second-order valence-electron chi connectivity index (χ2n) is 3.80. The highest BCUT2D eigenvalue weighted by Gasteiger charge is 2.27. The highest BCUT2D eigenvalue weighted by Crippen LogP contribution is 2.28. The molecule has 2 rings (SSSR count). The van der Waals surface area contributed by atoms with Crippen molar-refractivity contribution in [2.75, 3.05) is 7.11 Å². The van der Waals surface area contributed by atoms with Gasteiger partial charge >= 0.3 is 11.7 Å². The number of hydrogen-bond acceptors (Lipinski definition) is 6. The molecule has 2 aromatic heterocycles. The molecule has 21 heavy (non-hydrogen) atoms. The van der Waals surface area contributed by atoms with Crippen LogP contribution in [0.1, 0.15) is 22.6 Å². The molecule has 0 saturated heterocycles. The topological polar surface area (TPSA) is 100 Å². The van der Waals surface area contributed by atoms with Crippen LogP contribution in [0.5, 0.6) is 0 Å². The van der Waals surface area contributed by atoms with Gasteiger partial charge in [0.1, 0.15) is 11.9 Å². The molecule has 2 heterocycles. The number of aromatic nitrogens is 3. The SMILES string of the molecule is COC(=O)c1ccc(-n2cc([N+](=O)[O-])c(C(F)F)n2)cn1. The first-order valence-corrected chi connectivity index (χ1v) is 5.51. The Balaban J connectivity index is 2.40. The highest BCUT2D eigenvalue weighted by molar-refractivity contribution is 5.87. The van der Waals surface area contributed by atoms with Gasteiger partial charge in [0, 0.05) is 0 Å². The number of hydrogen-bond donors (Lipinski definition) is 0. The molecule has 8 nitrogen and oxygen atoms in total. The Bertz CT molecular complexity index is 684. The zero-order valence-electron chi connectivity index (χ0n) is 10.6. The highest BCUT2D eigenvalue weighted by atomic mass is 19.3. The van der Waals surface area contributed by atoms with Crippen molar-refractivity contribution >= 4 is 11.7 Å². The first-order chi connectivity index (χ1) is 9.93. The van der Waals surface area contributed by atoms with Crippen LogP contribution >= 0.6 is 0 Å². The van der Waals surface area contributed by atoms with Gasteiger partial charge in [0.15, 0.2) is 0 Å². The number of nitrogens with zero attached hydrogens (tertiary/aromatic N) is 4. The minimum atomic E-state index is -3.08. The van der Waals surface area contributed by atoms with Crippen molar-refractivity contribution in [1.29, 1.82) is 0 Å². The molecular weight excluding hydrogens is 290 g/mol. The Kier molecular flexibility index (Phi) is 3.87. The standard InChI is InChI=1S/C11H8F2N4O4/c1-21-11(18)7-3-2-6(4-14-7)16-5-8(17(19)20)9(15-16)10(12)13/h2-5,10H,1H3. The summed E-state index contributed by atoms with van der Waals surface area (Å²) in [5, 5.41) is 14.2. The summed E-state index contributed by atoms with van der Waals surface area (Å²) in [5.74, 6) is -0.665. The van der Waals surface area contributed by atoms with E-state index in [1.165, 1.54) is 19.2 Å². The van der Waals surface area contributed by atoms with Crippen LogP contribution in [0.4, 0.5) is 14.5 Å². The molecule has 2 aromatic rings. The second kappa shape index (κ2) is 5.61. The van der Waals surface area contributed by atoms with E-state index in [2.05, 4.69) is 14.8 Å². The second-order valence-corrected chi connectivity index (χ2v) is 3.80. The molecular formula is C11H8F2N4O4. The first kappa shape index (κ1) is 14.5. The van der Waals surface area contributed by atoms with E-state index in [9.17, 15) is 23.7 Å². The number of nitro groups is 1. The Morgan fingerprint density at radius 3 is 2.62 bits per heavy atom. The van der Waals surface area contributed by atoms with E-state index in [1.54, 1.807) is 0 Å². The maximum Gasteiger partial charge on any atom is 0.356 e. The smallest absolute Gasteiger partial charge is 0.356 e. The number of rotatable bonds is 4. The van der Waals surface area contributed by atoms with Crippen molar-refractivity contribution in [2.45, 2.75) is 6.43 Å². The summed E-state index contributed by atoms with van der Waals surface area (Å²) in [6, 6.07) is 2.64. The molecule has 0 spiro atoms. The van der Waals surface area contributed by atoms with Crippen molar-refractivity contribution in [3.63, 3.8) is 0 Å². The van der Waals surface area contributed by atoms with E-state index in [-0.39, 0.29) is 11.4 Å². The van der Waals surface area contributed by atoms with Gasteiger partial charge in [0.25, 0.3) is 6.43 Å². The van der Waals surface area contributed by atoms with E-state index >= 15 is 0 Å². The molecule has 0 aliphatic rings. The molecule has 0 aliphatic carbocycles. The predicted molar refractivity (Wildman–Crippen MR) is 64.3 cm³/mol. The van der Waals surface area contributed by atoms with E-state index < -0.39 is 28.7 Å². The summed E-state index contributed by atoms with van der Waals surface area (Å²) in [6.45, 7) is 0. The lowest BCUT2D eigenvalue weighted by molar-refractivity contribution is -0.386. The number of ether oxygens (including phenoxy) is 1. The number of methoxy groups -OCH3 is 1. The third kappa shape index (κ3) is 2.83. The quantitative estimate of drug-likeness (QED) is 0.485. The number of carbonyl (C=O) groups excluding carboxylic acids is 1. The van der Waals surface area contributed by atoms with Gasteiger partial charge in [-0.2, -0.15) is 5.10 Å². The fourth-order valence-corrected chi connectivity index (χ4v) is 1.55. The molecule has 110 valence electrons. The van der Waals surface area contributed by atoms with Crippen LogP contribution in [0.25, 0.3) is 5.69 Å². The maximum atomic E-state index is 12.7. The van der Waals surface area contributed by atoms with Gasteiger partial charge in [-0.25, -0.2) is 23.2 Å². The lowest BCUT2D eigenvalue weighted by atomic mass is 10.3. The van der Waals surface area contributed by atoms with Crippen molar-refractivity contribution < 1.29 is 23.2 Å². The average Bonchev–Trinajstić information content (AvgIpc) is 2.92. The van der Waals surface area contributed by atoms with E-state index in [0.717, 1.165) is 17.1 Å². The number of alkyl halides is 2. The normalized spacial score (nSPS) is 10.7. The molecule has 0 fully saturated rings. The Morgan fingerprint density at radius 2 is 2.19 bits per heavy atom. The molecule has 0 bridgehead atoms. The fourth-order valence-electron chi connectivity index (χ4n) is 1.55. The zero-order chi connectivity index (χ0) is 15.6. The van der Waals surface area contributed by atoms with Crippen LogP contribution in [-0.2, 0) is 4.74 Å². The van der Waals surface area contributed by atoms with Gasteiger partial charge in [-0.15, -0.1) is 0 Å². The van der Waals surface area contributed by atoms with Crippen molar-refractivity contribution in [3.05, 3.63) is 46.0 Å². The molecule has 0 aromatic carbocycles. The minimum absolute atomic E-state index is 0.0111. The number of pyridine rings is 1. The monoisotopic (exact) mass is 298 g/mol. The molecule has 0 aliphatic heterocycles. The van der Waals surface area contributed by atoms with E-state index in [1.807, 2.05) is 0 Å². The van der Waals surface area contributed by atoms with Gasteiger partial charge in [-0.1, -0.05) is 0 Å². The first-order valence-electron chi connectivity index (χ1n) is 5.51. The van der Waals surface area contributed by atoms with Crippen molar-refractivity contribution in [2.24, 2.45) is 0 Å². The molecule has 0 saturated carbocycles. The van der Waals surface area contributed by atoms with Gasteiger partial charge in [-0.05, 0) is 12.1 Å². The third-order valence-corrected chi connectivity index (χ3v) is 2.53. The van der Waals surface area contributed by atoms with E-state index in [0.29, 0.717) is 0 Å². The number of esters is 1. The lowest BCUT2D eigenvalue weighted by Gasteiger charge is -2.01. The van der Waals surface area contributed by atoms with Gasteiger partial charge in [0.2, 0.25) is 5.69 Å². The number of carbonyl (C=O) groups is 1. The minimum Gasteiger partial charge on any atom is -0.464 e. The third-order valence-electron chi connectivity index (χ3n) is 2.53. The van der Waals surface area contributed by atoms with Gasteiger partial charge in [-0.3, -0.25) is 10.1 Å². The molecule has 0 radical (unpaired) electrons. The average molecular weight is 298 g/mol. The predicted octanol–water partition coefficient (Wildman–Crippen LogP) is 1.90.